The summed E-state index contributed by atoms with van der Waals surface area (Å²) in [5.41, 5.74) is 8.30. The molecule has 2 rings (SSSR count). The van der Waals surface area contributed by atoms with Crippen LogP contribution in [0.5, 0.6) is 0 Å². The lowest BCUT2D eigenvalue weighted by Crippen LogP contribution is -1.95. The van der Waals surface area contributed by atoms with Crippen molar-refractivity contribution in [1.82, 2.24) is 4.98 Å². The van der Waals surface area contributed by atoms with Gasteiger partial charge in [0.1, 0.15) is 5.82 Å². The number of hydrogen-bond acceptors (Lipinski definition) is 1. The highest BCUT2D eigenvalue weighted by molar-refractivity contribution is 5.83. The van der Waals surface area contributed by atoms with Crippen molar-refractivity contribution in [2.75, 3.05) is 0 Å². The van der Waals surface area contributed by atoms with Crippen molar-refractivity contribution in [2.24, 2.45) is 5.73 Å². The zero-order chi connectivity index (χ0) is 9.42. The first-order valence-electron chi connectivity index (χ1n) is 4.18. The van der Waals surface area contributed by atoms with E-state index in [1.165, 1.54) is 12.1 Å². The Kier molecular flexibility index (Phi) is 1.81. The second-order valence-electron chi connectivity index (χ2n) is 3.19. The van der Waals surface area contributed by atoms with E-state index in [-0.39, 0.29) is 5.82 Å². The number of rotatable bonds is 1. The minimum Gasteiger partial charge on any atom is -0.357 e. The van der Waals surface area contributed by atoms with E-state index < -0.39 is 0 Å². The molecule has 1 heterocycles. The normalized spacial score (nSPS) is 11.0. The van der Waals surface area contributed by atoms with Crippen molar-refractivity contribution >= 4 is 10.9 Å². The predicted molar refractivity (Wildman–Crippen MR) is 50.9 cm³/mol. The smallest absolute Gasteiger partial charge is 0.124 e. The van der Waals surface area contributed by atoms with Gasteiger partial charge in [-0.05, 0) is 30.7 Å². The number of hydrogen-bond donors (Lipinski definition) is 2. The average molecular weight is 178 g/mol. The molecule has 3 N–H and O–H groups in total. The number of aromatic nitrogens is 1. The molecule has 0 saturated carbocycles. The second kappa shape index (κ2) is 2.85. The van der Waals surface area contributed by atoms with E-state index in [1.807, 2.05) is 13.0 Å². The van der Waals surface area contributed by atoms with Gasteiger partial charge in [-0.25, -0.2) is 4.39 Å². The Morgan fingerprint density at radius 3 is 2.85 bits per heavy atom. The lowest BCUT2D eigenvalue weighted by Gasteiger charge is -1.95. The lowest BCUT2D eigenvalue weighted by molar-refractivity contribution is 0.628. The summed E-state index contributed by atoms with van der Waals surface area (Å²) in [6, 6.07) is 4.91. The maximum absolute atomic E-state index is 13.0. The molecular formula is C10H11FN2. The number of aromatic amines is 1. The third-order valence-corrected chi connectivity index (χ3v) is 2.17. The molecule has 0 spiro atoms. The summed E-state index contributed by atoms with van der Waals surface area (Å²) in [5.74, 6) is -0.201. The molecule has 0 unspecified atom stereocenters. The van der Waals surface area contributed by atoms with Crippen LogP contribution in [0, 0.1) is 12.7 Å². The SMILES string of the molecule is Cc1cc(F)cc2cc(CN)[nH]c12. The van der Waals surface area contributed by atoms with Crippen molar-refractivity contribution in [3.8, 4) is 0 Å². The lowest BCUT2D eigenvalue weighted by atomic mass is 10.1. The first-order chi connectivity index (χ1) is 6.20. The van der Waals surface area contributed by atoms with Crippen LogP contribution in [0.25, 0.3) is 10.9 Å². The molecule has 0 radical (unpaired) electrons. The van der Waals surface area contributed by atoms with Crippen molar-refractivity contribution in [1.29, 1.82) is 0 Å². The molecule has 1 aromatic carbocycles. The minimum absolute atomic E-state index is 0.201. The second-order valence-corrected chi connectivity index (χ2v) is 3.19. The van der Waals surface area contributed by atoms with E-state index in [4.69, 9.17) is 5.73 Å². The van der Waals surface area contributed by atoms with Crippen LogP contribution in [0.15, 0.2) is 18.2 Å². The number of halogens is 1. The molecule has 2 aromatic rings. The fourth-order valence-corrected chi connectivity index (χ4v) is 1.55. The number of nitrogens with two attached hydrogens (primary N) is 1. The Morgan fingerprint density at radius 2 is 2.15 bits per heavy atom. The largest absolute Gasteiger partial charge is 0.357 e. The van der Waals surface area contributed by atoms with Crippen LogP contribution in [0.1, 0.15) is 11.3 Å². The van der Waals surface area contributed by atoms with Crippen molar-refractivity contribution < 1.29 is 4.39 Å². The van der Waals surface area contributed by atoms with Gasteiger partial charge in [0.2, 0.25) is 0 Å². The molecule has 0 bridgehead atoms. The van der Waals surface area contributed by atoms with Gasteiger partial charge in [0, 0.05) is 23.1 Å². The van der Waals surface area contributed by atoms with Gasteiger partial charge in [0.05, 0.1) is 0 Å². The average Bonchev–Trinajstić information content (AvgIpc) is 2.47. The number of aryl methyl sites for hydroxylation is 1. The quantitative estimate of drug-likeness (QED) is 0.689. The highest BCUT2D eigenvalue weighted by atomic mass is 19.1. The third kappa shape index (κ3) is 1.31. The van der Waals surface area contributed by atoms with Crippen LogP contribution >= 0.6 is 0 Å². The van der Waals surface area contributed by atoms with E-state index in [9.17, 15) is 4.39 Å². The molecule has 0 atom stereocenters. The summed E-state index contributed by atoms with van der Waals surface area (Å²) in [6.45, 7) is 2.33. The molecule has 2 nitrogen and oxygen atoms in total. The van der Waals surface area contributed by atoms with Gasteiger partial charge in [-0.1, -0.05) is 0 Å². The van der Waals surface area contributed by atoms with Gasteiger partial charge in [-0.3, -0.25) is 0 Å². The summed E-state index contributed by atoms with van der Waals surface area (Å²) in [4.78, 5) is 3.15. The van der Waals surface area contributed by atoms with Gasteiger partial charge in [0.15, 0.2) is 0 Å². The van der Waals surface area contributed by atoms with Crippen LogP contribution in [-0.2, 0) is 6.54 Å². The zero-order valence-corrected chi connectivity index (χ0v) is 7.39. The van der Waals surface area contributed by atoms with E-state index in [2.05, 4.69) is 4.98 Å². The molecule has 0 saturated heterocycles. The van der Waals surface area contributed by atoms with E-state index >= 15 is 0 Å². The van der Waals surface area contributed by atoms with Gasteiger partial charge in [0.25, 0.3) is 0 Å². The Hall–Kier alpha value is -1.35. The van der Waals surface area contributed by atoms with Crippen LogP contribution in [0.3, 0.4) is 0 Å². The molecule has 0 amide bonds. The van der Waals surface area contributed by atoms with Crippen molar-refractivity contribution in [3.05, 3.63) is 35.3 Å². The molecule has 0 aliphatic rings. The van der Waals surface area contributed by atoms with Crippen LogP contribution < -0.4 is 5.73 Å². The summed E-state index contributed by atoms with van der Waals surface area (Å²) in [7, 11) is 0. The maximum Gasteiger partial charge on any atom is 0.124 e. The van der Waals surface area contributed by atoms with E-state index in [0.717, 1.165) is 22.2 Å². The standard InChI is InChI=1S/C10H11FN2/c1-6-2-8(11)3-7-4-9(5-12)13-10(6)7/h2-4,13H,5,12H2,1H3. The first kappa shape index (κ1) is 8.26. The first-order valence-corrected chi connectivity index (χ1v) is 4.18. The highest BCUT2D eigenvalue weighted by Gasteiger charge is 2.03. The Balaban J connectivity index is 2.75. The summed E-state index contributed by atoms with van der Waals surface area (Å²) in [6.07, 6.45) is 0. The zero-order valence-electron chi connectivity index (χ0n) is 7.39. The molecule has 0 fully saturated rings. The molecule has 0 aliphatic heterocycles. The highest BCUT2D eigenvalue weighted by Crippen LogP contribution is 2.20. The van der Waals surface area contributed by atoms with Gasteiger partial charge >= 0.3 is 0 Å². The Bertz CT molecular complexity index is 445. The Morgan fingerprint density at radius 1 is 1.38 bits per heavy atom. The van der Waals surface area contributed by atoms with Crippen molar-refractivity contribution in [3.63, 3.8) is 0 Å². The number of benzene rings is 1. The van der Waals surface area contributed by atoms with Crippen LogP contribution in [0.4, 0.5) is 4.39 Å². The minimum atomic E-state index is -0.201. The molecule has 1 aromatic heterocycles. The van der Waals surface area contributed by atoms with Crippen molar-refractivity contribution in [2.45, 2.75) is 13.5 Å². The molecule has 13 heavy (non-hydrogen) atoms. The summed E-state index contributed by atoms with van der Waals surface area (Å²) < 4.78 is 13.0. The fraction of sp³-hybridized carbons (Fsp3) is 0.200. The van der Waals surface area contributed by atoms with Gasteiger partial charge < -0.3 is 10.7 Å². The van der Waals surface area contributed by atoms with Gasteiger partial charge in [-0.15, -0.1) is 0 Å². The van der Waals surface area contributed by atoms with E-state index in [0.29, 0.717) is 6.54 Å². The Labute approximate surface area is 75.6 Å². The predicted octanol–water partition coefficient (Wildman–Crippen LogP) is 2.07. The number of H-pyrrole nitrogens is 1. The van der Waals surface area contributed by atoms with Gasteiger partial charge in [-0.2, -0.15) is 0 Å². The topological polar surface area (TPSA) is 41.8 Å². The van der Waals surface area contributed by atoms with E-state index in [1.54, 1.807) is 0 Å². The number of nitrogens with one attached hydrogen (secondary N) is 1. The summed E-state index contributed by atoms with van der Waals surface area (Å²) >= 11 is 0. The molecule has 68 valence electrons. The van der Waals surface area contributed by atoms with Crippen LogP contribution in [0.2, 0.25) is 0 Å². The molecule has 0 aliphatic carbocycles. The maximum atomic E-state index is 13.0. The third-order valence-electron chi connectivity index (χ3n) is 2.17. The number of fused-ring (bicyclic) bond motifs is 1. The van der Waals surface area contributed by atoms with Crippen LogP contribution in [-0.4, -0.2) is 4.98 Å². The fourth-order valence-electron chi connectivity index (χ4n) is 1.55. The molecule has 3 heteroatoms. The monoisotopic (exact) mass is 178 g/mol. The molecular weight excluding hydrogens is 167 g/mol. The summed E-state index contributed by atoms with van der Waals surface area (Å²) in [5, 5.41) is 0.887.